The van der Waals surface area contributed by atoms with Gasteiger partial charge < -0.3 is 19.7 Å². The molecular formula is C18H32N4O2. The van der Waals surface area contributed by atoms with Gasteiger partial charge >= 0.3 is 6.03 Å². The first-order valence-electron chi connectivity index (χ1n) is 8.83. The number of nitrogens with one attached hydrogen (secondary N) is 1. The highest BCUT2D eigenvalue weighted by Crippen LogP contribution is 2.09. The lowest BCUT2D eigenvalue weighted by Crippen LogP contribution is -2.49. The number of hydrogen-bond donors (Lipinski definition) is 1. The molecule has 0 aromatic carbocycles. The van der Waals surface area contributed by atoms with E-state index in [0.29, 0.717) is 19.6 Å². The fraction of sp³-hybridized carbons (Fsp3) is 0.667. The van der Waals surface area contributed by atoms with Crippen molar-refractivity contribution in [2.75, 3.05) is 19.6 Å². The maximum Gasteiger partial charge on any atom is 0.318 e. The van der Waals surface area contributed by atoms with Crippen LogP contribution in [0.25, 0.3) is 0 Å². The van der Waals surface area contributed by atoms with Crippen molar-refractivity contribution in [3.63, 3.8) is 0 Å². The van der Waals surface area contributed by atoms with E-state index in [2.05, 4.69) is 12.2 Å². The van der Waals surface area contributed by atoms with Crippen molar-refractivity contribution in [2.45, 2.75) is 53.1 Å². The zero-order chi connectivity index (χ0) is 18.1. The average molecular weight is 336 g/mol. The van der Waals surface area contributed by atoms with Crippen molar-refractivity contribution in [1.29, 1.82) is 0 Å². The maximum absolute atomic E-state index is 12.8. The van der Waals surface area contributed by atoms with Gasteiger partial charge in [-0.3, -0.25) is 4.79 Å². The van der Waals surface area contributed by atoms with Gasteiger partial charge in [-0.2, -0.15) is 0 Å². The fourth-order valence-electron chi connectivity index (χ4n) is 2.48. The molecule has 0 unspecified atom stereocenters. The molecule has 0 aliphatic heterocycles. The van der Waals surface area contributed by atoms with Crippen molar-refractivity contribution in [2.24, 2.45) is 7.05 Å². The highest BCUT2D eigenvalue weighted by Gasteiger charge is 2.23. The van der Waals surface area contributed by atoms with Gasteiger partial charge in [-0.05, 0) is 39.3 Å². The van der Waals surface area contributed by atoms with Gasteiger partial charge in [0.1, 0.15) is 6.54 Å². The molecule has 6 heteroatoms. The van der Waals surface area contributed by atoms with Crippen molar-refractivity contribution in [1.82, 2.24) is 19.7 Å². The molecule has 1 N–H and O–H groups in total. The zero-order valence-corrected chi connectivity index (χ0v) is 15.7. The van der Waals surface area contributed by atoms with Crippen molar-refractivity contribution >= 4 is 11.9 Å². The second-order valence-electron chi connectivity index (χ2n) is 6.34. The van der Waals surface area contributed by atoms with Gasteiger partial charge in [0.15, 0.2) is 0 Å². The number of carbonyl (C=O) groups excluding carboxylic acids is 2. The number of hydrogen-bond acceptors (Lipinski definition) is 2. The first-order valence-corrected chi connectivity index (χ1v) is 8.83. The molecule has 0 bridgehead atoms. The number of urea groups is 1. The highest BCUT2D eigenvalue weighted by molar-refractivity contribution is 5.84. The van der Waals surface area contributed by atoms with E-state index in [0.717, 1.165) is 18.5 Å². The summed E-state index contributed by atoms with van der Waals surface area (Å²) in [5.41, 5.74) is 1.09. The molecule has 136 valence electrons. The van der Waals surface area contributed by atoms with Crippen LogP contribution in [0.3, 0.4) is 0 Å². The van der Waals surface area contributed by atoms with E-state index in [1.165, 1.54) is 0 Å². The molecule has 1 rings (SSSR count). The molecule has 24 heavy (non-hydrogen) atoms. The third kappa shape index (κ3) is 5.91. The largest absolute Gasteiger partial charge is 0.353 e. The van der Waals surface area contributed by atoms with Crippen LogP contribution >= 0.6 is 0 Å². The van der Waals surface area contributed by atoms with Gasteiger partial charge in [0, 0.05) is 38.1 Å². The van der Waals surface area contributed by atoms with Gasteiger partial charge in [0.05, 0.1) is 6.54 Å². The second kappa shape index (κ2) is 10.0. The topological polar surface area (TPSA) is 57.6 Å². The lowest BCUT2D eigenvalue weighted by molar-refractivity contribution is -0.133. The molecule has 1 heterocycles. The fourth-order valence-corrected chi connectivity index (χ4v) is 2.48. The summed E-state index contributed by atoms with van der Waals surface area (Å²) < 4.78 is 2.02. The summed E-state index contributed by atoms with van der Waals surface area (Å²) >= 11 is 0. The molecule has 1 aromatic rings. The number of rotatable bonds is 9. The third-order valence-corrected chi connectivity index (χ3v) is 4.06. The Kier molecular flexibility index (Phi) is 8.36. The molecule has 0 fully saturated rings. The maximum atomic E-state index is 12.8. The van der Waals surface area contributed by atoms with E-state index in [-0.39, 0.29) is 24.5 Å². The highest BCUT2D eigenvalue weighted by atomic mass is 16.2. The molecule has 3 amide bonds. The van der Waals surface area contributed by atoms with Gasteiger partial charge in [-0.25, -0.2) is 4.79 Å². The van der Waals surface area contributed by atoms with Crippen LogP contribution in [0.15, 0.2) is 18.3 Å². The Morgan fingerprint density at radius 2 is 2.00 bits per heavy atom. The van der Waals surface area contributed by atoms with Crippen LogP contribution in [-0.2, 0) is 18.4 Å². The Morgan fingerprint density at radius 1 is 1.29 bits per heavy atom. The van der Waals surface area contributed by atoms with E-state index >= 15 is 0 Å². The van der Waals surface area contributed by atoms with Crippen LogP contribution in [0.5, 0.6) is 0 Å². The summed E-state index contributed by atoms with van der Waals surface area (Å²) in [5, 5.41) is 2.78. The van der Waals surface area contributed by atoms with E-state index in [4.69, 9.17) is 0 Å². The third-order valence-electron chi connectivity index (χ3n) is 4.06. The van der Waals surface area contributed by atoms with Crippen LogP contribution < -0.4 is 5.32 Å². The minimum absolute atomic E-state index is 0.00963. The predicted octanol–water partition coefficient (Wildman–Crippen LogP) is 2.59. The van der Waals surface area contributed by atoms with Crippen LogP contribution in [0.2, 0.25) is 0 Å². The quantitative estimate of drug-likeness (QED) is 0.753. The molecule has 0 saturated carbocycles. The number of amides is 3. The Bertz CT molecular complexity index is 525. The SMILES string of the molecule is CCCCN(Cc1cccn1C)C(=O)CN(C(=O)NCC)C(C)C. The van der Waals surface area contributed by atoms with E-state index in [1.54, 1.807) is 4.90 Å². The minimum Gasteiger partial charge on any atom is -0.353 e. The summed E-state index contributed by atoms with van der Waals surface area (Å²) in [7, 11) is 1.98. The smallest absolute Gasteiger partial charge is 0.318 e. The number of carbonyl (C=O) groups is 2. The number of aromatic nitrogens is 1. The standard InChI is InChI=1S/C18H32N4O2/c1-6-8-12-21(13-16-10-9-11-20(16)5)17(23)14-22(15(3)4)18(24)19-7-2/h9-11,15H,6-8,12-14H2,1-5H3,(H,19,24). The summed E-state index contributed by atoms with van der Waals surface area (Å²) in [6, 6.07) is 3.79. The summed E-state index contributed by atoms with van der Waals surface area (Å²) in [6.45, 7) is 9.79. The number of nitrogens with zero attached hydrogens (tertiary/aromatic N) is 3. The second-order valence-corrected chi connectivity index (χ2v) is 6.34. The Hall–Kier alpha value is -1.98. The molecule has 1 aromatic heterocycles. The van der Waals surface area contributed by atoms with Gasteiger partial charge in [-0.15, -0.1) is 0 Å². The van der Waals surface area contributed by atoms with Gasteiger partial charge in [0.25, 0.3) is 0 Å². The van der Waals surface area contributed by atoms with Crippen LogP contribution in [0.1, 0.15) is 46.2 Å². The molecule has 0 aliphatic carbocycles. The van der Waals surface area contributed by atoms with Crippen LogP contribution in [0.4, 0.5) is 4.79 Å². The summed E-state index contributed by atoms with van der Waals surface area (Å²) in [4.78, 5) is 28.4. The Morgan fingerprint density at radius 3 is 2.50 bits per heavy atom. The van der Waals surface area contributed by atoms with Crippen molar-refractivity contribution in [3.8, 4) is 0 Å². The molecular weight excluding hydrogens is 304 g/mol. The van der Waals surface area contributed by atoms with Crippen molar-refractivity contribution in [3.05, 3.63) is 24.0 Å². The number of aryl methyl sites for hydroxylation is 1. The van der Waals surface area contributed by atoms with Crippen LogP contribution in [0, 0.1) is 0 Å². The Labute approximate surface area is 145 Å². The van der Waals surface area contributed by atoms with Crippen LogP contribution in [-0.4, -0.2) is 52.0 Å². The average Bonchev–Trinajstić information content (AvgIpc) is 2.93. The van der Waals surface area contributed by atoms with E-state index in [9.17, 15) is 9.59 Å². The van der Waals surface area contributed by atoms with E-state index < -0.39 is 0 Å². The Balaban J connectivity index is 2.81. The first kappa shape index (κ1) is 20.1. The monoisotopic (exact) mass is 336 g/mol. The van der Waals surface area contributed by atoms with Gasteiger partial charge in [0.2, 0.25) is 5.91 Å². The summed E-state index contributed by atoms with van der Waals surface area (Å²) in [5.74, 6) is -0.00963. The van der Waals surface area contributed by atoms with Crippen molar-refractivity contribution < 1.29 is 9.59 Å². The molecule has 0 atom stereocenters. The van der Waals surface area contributed by atoms with Gasteiger partial charge in [-0.1, -0.05) is 13.3 Å². The lowest BCUT2D eigenvalue weighted by Gasteiger charge is -2.30. The van der Waals surface area contributed by atoms with E-state index in [1.807, 2.05) is 55.6 Å². The number of unbranched alkanes of at least 4 members (excludes halogenated alkanes) is 1. The minimum atomic E-state index is -0.185. The molecule has 0 aliphatic rings. The molecule has 0 radical (unpaired) electrons. The summed E-state index contributed by atoms with van der Waals surface area (Å²) in [6.07, 6.45) is 3.97. The normalized spacial score (nSPS) is 10.8. The molecule has 0 saturated heterocycles. The zero-order valence-electron chi connectivity index (χ0n) is 15.7. The molecule has 0 spiro atoms. The lowest BCUT2D eigenvalue weighted by atomic mass is 10.2. The molecule has 6 nitrogen and oxygen atoms in total. The predicted molar refractivity (Wildman–Crippen MR) is 96.7 cm³/mol. The first-order chi connectivity index (χ1) is 11.4.